The van der Waals surface area contributed by atoms with Gasteiger partial charge in [0.05, 0.1) is 22.1 Å². The zero-order chi connectivity index (χ0) is 15.6. The molecule has 21 heavy (non-hydrogen) atoms. The van der Waals surface area contributed by atoms with Gasteiger partial charge in [0.2, 0.25) is 0 Å². The van der Waals surface area contributed by atoms with Gasteiger partial charge in [-0.2, -0.15) is 0 Å². The Morgan fingerprint density at radius 2 is 1.81 bits per heavy atom. The predicted octanol–water partition coefficient (Wildman–Crippen LogP) is 2.79. The van der Waals surface area contributed by atoms with Crippen molar-refractivity contribution >= 4 is 38.7 Å². The molecular formula is C14H16ClN3O2S. The molecule has 2 aromatic carbocycles. The van der Waals surface area contributed by atoms with Crippen molar-refractivity contribution in [2.24, 2.45) is 0 Å². The highest BCUT2D eigenvalue weighted by molar-refractivity contribution is 7.92. The number of halogens is 1. The lowest BCUT2D eigenvalue weighted by atomic mass is 10.3. The van der Waals surface area contributed by atoms with Crippen molar-refractivity contribution in [3.63, 3.8) is 0 Å². The van der Waals surface area contributed by atoms with Crippen LogP contribution in [0.15, 0.2) is 47.4 Å². The number of benzene rings is 2. The van der Waals surface area contributed by atoms with E-state index in [1.807, 2.05) is 19.0 Å². The molecule has 0 radical (unpaired) electrons. The summed E-state index contributed by atoms with van der Waals surface area (Å²) in [7, 11) is -0.0274. The molecule has 0 saturated heterocycles. The van der Waals surface area contributed by atoms with Crippen LogP contribution in [0, 0.1) is 0 Å². The molecular weight excluding hydrogens is 310 g/mol. The van der Waals surface area contributed by atoms with Gasteiger partial charge in [0, 0.05) is 14.1 Å². The summed E-state index contributed by atoms with van der Waals surface area (Å²) in [4.78, 5) is 1.88. The molecule has 0 aromatic heterocycles. The number of anilines is 3. The maximum absolute atomic E-state index is 12.3. The molecule has 0 aliphatic rings. The second kappa shape index (κ2) is 5.83. The molecule has 0 aliphatic heterocycles. The molecule has 112 valence electrons. The Hall–Kier alpha value is -1.92. The number of rotatable bonds is 4. The number of hydrogen-bond acceptors (Lipinski definition) is 4. The summed E-state index contributed by atoms with van der Waals surface area (Å²) in [5.74, 6) is 0. The van der Waals surface area contributed by atoms with E-state index in [0.717, 1.165) is 5.69 Å². The van der Waals surface area contributed by atoms with Gasteiger partial charge in [-0.3, -0.25) is 4.72 Å². The zero-order valence-corrected chi connectivity index (χ0v) is 13.2. The van der Waals surface area contributed by atoms with Crippen LogP contribution in [0.5, 0.6) is 0 Å². The van der Waals surface area contributed by atoms with E-state index in [9.17, 15) is 8.42 Å². The molecule has 0 atom stereocenters. The van der Waals surface area contributed by atoms with Crippen LogP contribution < -0.4 is 15.4 Å². The monoisotopic (exact) mass is 325 g/mol. The van der Waals surface area contributed by atoms with E-state index >= 15 is 0 Å². The topological polar surface area (TPSA) is 75.4 Å². The van der Waals surface area contributed by atoms with Crippen LogP contribution >= 0.6 is 11.6 Å². The van der Waals surface area contributed by atoms with Crippen LogP contribution in [0.25, 0.3) is 0 Å². The molecule has 7 heteroatoms. The first-order chi connectivity index (χ1) is 9.81. The molecule has 0 unspecified atom stereocenters. The number of nitrogens with one attached hydrogen (secondary N) is 1. The standard InChI is InChI=1S/C14H16ClN3O2S/c1-18(2)13-8-7-10(9-11(13)15)17-21(19,20)14-6-4-3-5-12(14)16/h3-9,17H,16H2,1-2H3. The first-order valence-electron chi connectivity index (χ1n) is 6.15. The molecule has 5 nitrogen and oxygen atoms in total. The molecule has 3 N–H and O–H groups in total. The first-order valence-corrected chi connectivity index (χ1v) is 8.01. The maximum atomic E-state index is 12.3. The minimum Gasteiger partial charge on any atom is -0.398 e. The van der Waals surface area contributed by atoms with E-state index in [2.05, 4.69) is 4.72 Å². The van der Waals surface area contributed by atoms with Gasteiger partial charge in [-0.25, -0.2) is 8.42 Å². The van der Waals surface area contributed by atoms with Crippen LogP contribution in [0.4, 0.5) is 17.1 Å². The SMILES string of the molecule is CN(C)c1ccc(NS(=O)(=O)c2ccccc2N)cc1Cl. The van der Waals surface area contributed by atoms with Gasteiger partial charge >= 0.3 is 0 Å². The number of hydrogen-bond donors (Lipinski definition) is 2. The second-order valence-corrected chi connectivity index (χ2v) is 6.76. The Morgan fingerprint density at radius 3 is 2.38 bits per heavy atom. The van der Waals surface area contributed by atoms with Crippen molar-refractivity contribution in [1.29, 1.82) is 0 Å². The Morgan fingerprint density at radius 1 is 1.14 bits per heavy atom. The molecule has 0 bridgehead atoms. The van der Waals surface area contributed by atoms with Crippen LogP contribution in [0.1, 0.15) is 0 Å². The predicted molar refractivity (Wildman–Crippen MR) is 87.4 cm³/mol. The highest BCUT2D eigenvalue weighted by atomic mass is 35.5. The van der Waals surface area contributed by atoms with Crippen molar-refractivity contribution in [3.8, 4) is 0 Å². The fourth-order valence-corrected chi connectivity index (χ4v) is 3.40. The average molecular weight is 326 g/mol. The summed E-state index contributed by atoms with van der Waals surface area (Å²) < 4.78 is 27.1. The largest absolute Gasteiger partial charge is 0.398 e. The van der Waals surface area contributed by atoms with Crippen molar-refractivity contribution in [3.05, 3.63) is 47.5 Å². The van der Waals surface area contributed by atoms with Crippen molar-refractivity contribution in [2.75, 3.05) is 29.5 Å². The van der Waals surface area contributed by atoms with Gasteiger partial charge in [-0.05, 0) is 30.3 Å². The number of nitrogens with two attached hydrogens (primary N) is 1. The summed E-state index contributed by atoms with van der Waals surface area (Å²) in [6, 6.07) is 11.2. The fraction of sp³-hybridized carbons (Fsp3) is 0.143. The highest BCUT2D eigenvalue weighted by Crippen LogP contribution is 2.29. The Balaban J connectivity index is 2.34. The number of sulfonamides is 1. The smallest absolute Gasteiger partial charge is 0.263 e. The third-order valence-electron chi connectivity index (χ3n) is 2.89. The lowest BCUT2D eigenvalue weighted by Crippen LogP contribution is -2.15. The van der Waals surface area contributed by atoms with Gasteiger partial charge in [-0.1, -0.05) is 23.7 Å². The summed E-state index contributed by atoms with van der Waals surface area (Å²) >= 11 is 6.13. The normalized spacial score (nSPS) is 11.2. The molecule has 2 rings (SSSR count). The van der Waals surface area contributed by atoms with E-state index in [-0.39, 0.29) is 10.6 Å². The highest BCUT2D eigenvalue weighted by Gasteiger charge is 2.17. The maximum Gasteiger partial charge on any atom is 0.263 e. The number of para-hydroxylation sites is 1. The number of nitrogen functional groups attached to an aromatic ring is 1. The molecule has 0 saturated carbocycles. The quantitative estimate of drug-likeness (QED) is 0.848. The van der Waals surface area contributed by atoms with Gasteiger partial charge in [-0.15, -0.1) is 0 Å². The van der Waals surface area contributed by atoms with E-state index in [4.69, 9.17) is 17.3 Å². The third-order valence-corrected chi connectivity index (χ3v) is 4.65. The lowest BCUT2D eigenvalue weighted by Gasteiger charge is -2.16. The summed E-state index contributed by atoms with van der Waals surface area (Å²) in [6.45, 7) is 0. The van der Waals surface area contributed by atoms with Gasteiger partial charge in [0.15, 0.2) is 0 Å². The molecule has 0 aliphatic carbocycles. The molecule has 2 aromatic rings. The van der Waals surface area contributed by atoms with Gasteiger partial charge in [0.1, 0.15) is 4.90 Å². The molecule has 0 heterocycles. The van der Waals surface area contributed by atoms with Crippen molar-refractivity contribution in [2.45, 2.75) is 4.90 Å². The third kappa shape index (κ3) is 3.40. The minimum absolute atomic E-state index is 0.0396. The number of nitrogens with zero attached hydrogens (tertiary/aromatic N) is 1. The first kappa shape index (κ1) is 15.5. The Labute approximate surface area is 129 Å². The summed E-state index contributed by atoms with van der Waals surface area (Å²) in [6.07, 6.45) is 0. The molecule has 0 amide bonds. The second-order valence-electron chi connectivity index (χ2n) is 4.70. The molecule has 0 fully saturated rings. The molecule has 0 spiro atoms. The van der Waals surface area contributed by atoms with Crippen molar-refractivity contribution in [1.82, 2.24) is 0 Å². The van der Waals surface area contributed by atoms with Gasteiger partial charge < -0.3 is 10.6 Å². The lowest BCUT2D eigenvalue weighted by molar-refractivity contribution is 0.601. The van der Waals surface area contributed by atoms with E-state index < -0.39 is 10.0 Å². The van der Waals surface area contributed by atoms with Crippen LogP contribution in [-0.4, -0.2) is 22.5 Å². The average Bonchev–Trinajstić information content (AvgIpc) is 2.38. The fourth-order valence-electron chi connectivity index (χ4n) is 1.87. The van der Waals surface area contributed by atoms with Crippen LogP contribution in [0.3, 0.4) is 0 Å². The van der Waals surface area contributed by atoms with E-state index in [0.29, 0.717) is 10.7 Å². The zero-order valence-electron chi connectivity index (χ0n) is 11.7. The van der Waals surface area contributed by atoms with Crippen LogP contribution in [0.2, 0.25) is 5.02 Å². The van der Waals surface area contributed by atoms with Crippen LogP contribution in [-0.2, 0) is 10.0 Å². The van der Waals surface area contributed by atoms with E-state index in [1.54, 1.807) is 30.3 Å². The van der Waals surface area contributed by atoms with Gasteiger partial charge in [0.25, 0.3) is 10.0 Å². The Kier molecular flexibility index (Phi) is 4.29. The van der Waals surface area contributed by atoms with Crippen molar-refractivity contribution < 1.29 is 8.42 Å². The summed E-state index contributed by atoms with van der Waals surface area (Å²) in [5.41, 5.74) is 7.09. The van der Waals surface area contributed by atoms with E-state index in [1.165, 1.54) is 12.1 Å². The Bertz CT molecular complexity index is 761. The minimum atomic E-state index is -3.74. The summed E-state index contributed by atoms with van der Waals surface area (Å²) in [5, 5.41) is 0.459.